The molecule has 0 saturated carbocycles. The maximum Gasteiger partial charge on any atom is 0.374 e. The van der Waals surface area contributed by atoms with E-state index in [1.54, 1.807) is 30.3 Å². The minimum absolute atomic E-state index is 0.140. The lowest BCUT2D eigenvalue weighted by atomic mass is 10.1. The van der Waals surface area contributed by atoms with Gasteiger partial charge in [-0.2, -0.15) is 8.78 Å². The Kier molecular flexibility index (Phi) is 9.03. The van der Waals surface area contributed by atoms with Gasteiger partial charge in [-0.25, -0.2) is 13.2 Å². The van der Waals surface area contributed by atoms with Gasteiger partial charge in [0, 0.05) is 6.42 Å². The molecule has 25 heavy (non-hydrogen) atoms. The van der Waals surface area contributed by atoms with Gasteiger partial charge in [0.25, 0.3) is 0 Å². The monoisotopic (exact) mass is 376 g/mol. The average molecular weight is 376 g/mol. The summed E-state index contributed by atoms with van der Waals surface area (Å²) in [7, 11) is -3.21. The largest absolute Gasteiger partial charge is 0.477 e. The van der Waals surface area contributed by atoms with Crippen molar-refractivity contribution in [2.75, 3.05) is 5.75 Å². The highest BCUT2D eigenvalue weighted by Gasteiger charge is 2.37. The third-order valence-corrected chi connectivity index (χ3v) is 5.89. The lowest BCUT2D eigenvalue weighted by molar-refractivity contribution is -0.165. The maximum absolute atomic E-state index is 12.8. The second-order valence-electron chi connectivity index (χ2n) is 6.22. The van der Waals surface area contributed by atoms with Crippen molar-refractivity contribution in [2.24, 2.45) is 0 Å². The molecule has 0 bridgehead atoms. The molecule has 0 aliphatic heterocycles. The van der Waals surface area contributed by atoms with E-state index < -0.39 is 28.1 Å². The van der Waals surface area contributed by atoms with E-state index in [1.807, 2.05) is 0 Å². The number of rotatable bonds is 13. The quantitative estimate of drug-likeness (QED) is 0.507. The van der Waals surface area contributed by atoms with Crippen LogP contribution in [-0.2, 0) is 14.6 Å². The summed E-state index contributed by atoms with van der Waals surface area (Å²) in [4.78, 5) is 10.6. The number of halogens is 2. The fraction of sp³-hybridized carbons (Fsp3) is 0.611. The molecular formula is C18H26F2O4S. The van der Waals surface area contributed by atoms with Gasteiger partial charge in [0.1, 0.15) is 0 Å². The lowest BCUT2D eigenvalue weighted by Gasteiger charge is -2.10. The predicted molar refractivity (Wildman–Crippen MR) is 92.6 cm³/mol. The zero-order chi connectivity index (χ0) is 18.8. The molecule has 1 aromatic carbocycles. The number of sulfone groups is 1. The standard InChI is InChI=1S/C18H26F2O4S/c19-18(20,17(21)22)14-10-5-3-1-2-4-6-11-15-25(23,24)16-12-8-7-9-13-16/h7-9,12-13H,1-6,10-11,14-15H2,(H,21,22). The van der Waals surface area contributed by atoms with Gasteiger partial charge in [-0.05, 0) is 25.0 Å². The van der Waals surface area contributed by atoms with Gasteiger partial charge in [-0.1, -0.05) is 56.7 Å². The summed E-state index contributed by atoms with van der Waals surface area (Å²) >= 11 is 0. The molecule has 4 nitrogen and oxygen atoms in total. The molecule has 0 heterocycles. The van der Waals surface area contributed by atoms with Crippen LogP contribution >= 0.6 is 0 Å². The van der Waals surface area contributed by atoms with Crippen molar-refractivity contribution in [3.63, 3.8) is 0 Å². The van der Waals surface area contributed by atoms with Gasteiger partial charge in [0.15, 0.2) is 9.84 Å². The molecule has 0 saturated heterocycles. The van der Waals surface area contributed by atoms with Crippen LogP contribution in [-0.4, -0.2) is 31.2 Å². The van der Waals surface area contributed by atoms with E-state index in [2.05, 4.69) is 0 Å². The van der Waals surface area contributed by atoms with Crippen molar-refractivity contribution in [1.29, 1.82) is 0 Å². The number of hydrogen-bond donors (Lipinski definition) is 1. The Morgan fingerprint density at radius 1 is 0.880 bits per heavy atom. The Labute approximate surface area is 148 Å². The second kappa shape index (κ2) is 10.5. The Hall–Kier alpha value is -1.50. The van der Waals surface area contributed by atoms with Gasteiger partial charge in [0.05, 0.1) is 10.6 Å². The second-order valence-corrected chi connectivity index (χ2v) is 8.33. The van der Waals surface area contributed by atoms with Crippen LogP contribution in [0.1, 0.15) is 57.8 Å². The smallest absolute Gasteiger partial charge is 0.374 e. The summed E-state index contributed by atoms with van der Waals surface area (Å²) in [5.74, 6) is -5.54. The molecule has 0 aromatic heterocycles. The van der Waals surface area contributed by atoms with Gasteiger partial charge in [0.2, 0.25) is 0 Å². The average Bonchev–Trinajstić information content (AvgIpc) is 2.57. The van der Waals surface area contributed by atoms with E-state index in [0.717, 1.165) is 32.1 Å². The number of carboxylic acid groups (broad SMARTS) is 1. The number of alkyl halides is 2. The predicted octanol–water partition coefficient (Wildman–Crippen LogP) is 4.69. The minimum atomic E-state index is -3.62. The highest BCUT2D eigenvalue weighted by Crippen LogP contribution is 2.22. The van der Waals surface area contributed by atoms with Gasteiger partial charge < -0.3 is 5.11 Å². The normalized spacial score (nSPS) is 12.2. The molecule has 1 N–H and O–H groups in total. The highest BCUT2D eigenvalue weighted by molar-refractivity contribution is 7.91. The summed E-state index contributed by atoms with van der Waals surface area (Å²) in [5, 5.41) is 8.30. The molecule has 0 fully saturated rings. The first-order valence-electron chi connectivity index (χ1n) is 8.65. The van der Waals surface area contributed by atoms with Gasteiger partial charge in [-0.15, -0.1) is 0 Å². The molecule has 1 aromatic rings. The molecule has 0 radical (unpaired) electrons. The van der Waals surface area contributed by atoms with Crippen LogP contribution in [0.3, 0.4) is 0 Å². The Morgan fingerprint density at radius 2 is 1.36 bits per heavy atom. The number of unbranched alkanes of at least 4 members (excludes halogenated alkanes) is 7. The third kappa shape index (κ3) is 8.43. The van der Waals surface area contributed by atoms with Crippen molar-refractivity contribution in [2.45, 2.75) is 68.6 Å². The molecule has 0 spiro atoms. The van der Waals surface area contributed by atoms with Crippen molar-refractivity contribution in [1.82, 2.24) is 0 Å². The highest BCUT2D eigenvalue weighted by atomic mass is 32.2. The van der Waals surface area contributed by atoms with E-state index in [9.17, 15) is 22.0 Å². The van der Waals surface area contributed by atoms with Crippen LogP contribution in [0.4, 0.5) is 8.78 Å². The molecule has 1 rings (SSSR count). The lowest BCUT2D eigenvalue weighted by Crippen LogP contribution is -2.27. The molecule has 0 unspecified atom stereocenters. The number of hydrogen-bond acceptors (Lipinski definition) is 3. The van der Waals surface area contributed by atoms with Crippen LogP contribution in [0, 0.1) is 0 Å². The zero-order valence-electron chi connectivity index (χ0n) is 14.3. The molecule has 0 aliphatic rings. The van der Waals surface area contributed by atoms with E-state index >= 15 is 0 Å². The SMILES string of the molecule is O=C(O)C(F)(F)CCCCCCCCCCS(=O)(=O)c1ccccc1. The number of carboxylic acids is 1. The van der Waals surface area contributed by atoms with Crippen LogP contribution < -0.4 is 0 Å². The zero-order valence-corrected chi connectivity index (χ0v) is 15.1. The molecule has 142 valence electrons. The van der Waals surface area contributed by atoms with Crippen LogP contribution in [0.25, 0.3) is 0 Å². The topological polar surface area (TPSA) is 71.4 Å². The molecule has 0 amide bonds. The van der Waals surface area contributed by atoms with Crippen molar-refractivity contribution in [3.05, 3.63) is 30.3 Å². The Morgan fingerprint density at radius 3 is 1.88 bits per heavy atom. The molecule has 7 heteroatoms. The summed E-state index contributed by atoms with van der Waals surface area (Å²) in [6.45, 7) is 0. The number of aliphatic carboxylic acids is 1. The van der Waals surface area contributed by atoms with Crippen molar-refractivity contribution >= 4 is 15.8 Å². The Bertz CT molecular complexity index is 615. The van der Waals surface area contributed by atoms with Gasteiger partial charge in [-0.3, -0.25) is 0 Å². The summed E-state index contributed by atoms with van der Waals surface area (Å²) in [5.41, 5.74) is 0. The summed E-state index contributed by atoms with van der Waals surface area (Å²) in [6, 6.07) is 8.40. The van der Waals surface area contributed by atoms with E-state index in [1.165, 1.54) is 0 Å². The van der Waals surface area contributed by atoms with E-state index in [4.69, 9.17) is 5.11 Å². The summed E-state index contributed by atoms with van der Waals surface area (Å²) in [6.07, 6.45) is 5.14. The van der Waals surface area contributed by atoms with Crippen molar-refractivity contribution in [3.8, 4) is 0 Å². The molecular weight excluding hydrogens is 350 g/mol. The fourth-order valence-electron chi connectivity index (χ4n) is 2.55. The van der Waals surface area contributed by atoms with E-state index in [-0.39, 0.29) is 12.2 Å². The first-order chi connectivity index (χ1) is 11.8. The van der Waals surface area contributed by atoms with Crippen molar-refractivity contribution < 1.29 is 27.1 Å². The van der Waals surface area contributed by atoms with E-state index in [0.29, 0.717) is 17.7 Å². The van der Waals surface area contributed by atoms with Crippen LogP contribution in [0.2, 0.25) is 0 Å². The minimum Gasteiger partial charge on any atom is -0.477 e. The first kappa shape index (κ1) is 21.5. The third-order valence-electron chi connectivity index (χ3n) is 4.07. The number of carbonyl (C=O) groups is 1. The Balaban J connectivity index is 2.03. The maximum atomic E-state index is 12.8. The van der Waals surface area contributed by atoms with Crippen LogP contribution in [0.15, 0.2) is 35.2 Å². The molecule has 0 aliphatic carbocycles. The molecule has 0 atom stereocenters. The van der Waals surface area contributed by atoms with Gasteiger partial charge >= 0.3 is 11.9 Å². The summed E-state index contributed by atoms with van der Waals surface area (Å²) < 4.78 is 49.8. The number of benzene rings is 1. The fourth-order valence-corrected chi connectivity index (χ4v) is 3.94. The first-order valence-corrected chi connectivity index (χ1v) is 10.3. The van der Waals surface area contributed by atoms with Crippen LogP contribution in [0.5, 0.6) is 0 Å².